The molecule has 5 nitrogen and oxygen atoms in total. The van der Waals surface area contributed by atoms with Crippen molar-refractivity contribution in [2.24, 2.45) is 5.73 Å². The number of ether oxygens (including phenoxy) is 3. The lowest BCUT2D eigenvalue weighted by atomic mass is 10.1. The van der Waals surface area contributed by atoms with E-state index in [4.69, 9.17) is 25.1 Å². The lowest BCUT2D eigenvalue weighted by Gasteiger charge is -2.11. The van der Waals surface area contributed by atoms with Gasteiger partial charge in [-0.05, 0) is 17.7 Å². The maximum Gasteiger partial charge on any atom is 0.231 e. The highest BCUT2D eigenvalue weighted by Crippen LogP contribution is 2.42. The molecule has 6 heteroatoms. The van der Waals surface area contributed by atoms with Crippen LogP contribution in [0.1, 0.15) is 11.6 Å². The van der Waals surface area contributed by atoms with Gasteiger partial charge in [0, 0.05) is 0 Å². The van der Waals surface area contributed by atoms with Gasteiger partial charge in [-0.1, -0.05) is 0 Å². The minimum Gasteiger partial charge on any atom is -0.493 e. The SMILES string of the molecule is COc1cc([C@H](N)CO)cc2c1OCO2.Cl. The van der Waals surface area contributed by atoms with E-state index in [1.165, 1.54) is 0 Å². The minimum absolute atomic E-state index is 0. The Morgan fingerprint density at radius 1 is 1.50 bits per heavy atom. The molecule has 0 aliphatic carbocycles. The Balaban J connectivity index is 0.00000128. The van der Waals surface area contributed by atoms with Crippen LogP contribution in [0.2, 0.25) is 0 Å². The topological polar surface area (TPSA) is 73.9 Å². The zero-order valence-corrected chi connectivity index (χ0v) is 9.62. The molecule has 0 unspecified atom stereocenters. The molecule has 0 radical (unpaired) electrons. The van der Waals surface area contributed by atoms with Crippen molar-refractivity contribution in [1.82, 2.24) is 0 Å². The molecule has 1 aliphatic rings. The van der Waals surface area contributed by atoms with E-state index in [1.807, 2.05) is 0 Å². The lowest BCUT2D eigenvalue weighted by Crippen LogP contribution is -2.14. The van der Waals surface area contributed by atoms with E-state index in [0.717, 1.165) is 5.56 Å². The molecule has 3 N–H and O–H groups in total. The van der Waals surface area contributed by atoms with Crippen molar-refractivity contribution in [1.29, 1.82) is 0 Å². The Bertz CT molecular complexity index is 372. The molecule has 0 amide bonds. The maximum atomic E-state index is 8.96. The van der Waals surface area contributed by atoms with Gasteiger partial charge in [0.1, 0.15) is 0 Å². The monoisotopic (exact) mass is 247 g/mol. The van der Waals surface area contributed by atoms with Crippen LogP contribution in [-0.4, -0.2) is 25.6 Å². The van der Waals surface area contributed by atoms with Crippen LogP contribution in [0.25, 0.3) is 0 Å². The van der Waals surface area contributed by atoms with Crippen molar-refractivity contribution >= 4 is 12.4 Å². The van der Waals surface area contributed by atoms with Crippen LogP contribution >= 0.6 is 12.4 Å². The van der Waals surface area contributed by atoms with Gasteiger partial charge in [-0.3, -0.25) is 0 Å². The van der Waals surface area contributed by atoms with Crippen LogP contribution in [-0.2, 0) is 0 Å². The molecule has 0 spiro atoms. The Hall–Kier alpha value is -1.17. The molecular formula is C10H14ClNO4. The van der Waals surface area contributed by atoms with E-state index >= 15 is 0 Å². The zero-order valence-electron chi connectivity index (χ0n) is 8.80. The molecule has 90 valence electrons. The largest absolute Gasteiger partial charge is 0.493 e. The van der Waals surface area contributed by atoms with Crippen LogP contribution in [0.4, 0.5) is 0 Å². The number of benzene rings is 1. The third-order valence-electron chi connectivity index (χ3n) is 2.31. The summed E-state index contributed by atoms with van der Waals surface area (Å²) in [6, 6.07) is 3.06. The van der Waals surface area contributed by atoms with E-state index in [9.17, 15) is 0 Å². The number of halogens is 1. The smallest absolute Gasteiger partial charge is 0.231 e. The van der Waals surface area contributed by atoms with Gasteiger partial charge in [0.2, 0.25) is 12.5 Å². The fourth-order valence-electron chi connectivity index (χ4n) is 1.47. The normalized spacial score (nSPS) is 14.2. The summed E-state index contributed by atoms with van der Waals surface area (Å²) in [5.74, 6) is 1.77. The van der Waals surface area contributed by atoms with Gasteiger partial charge < -0.3 is 25.1 Å². The van der Waals surface area contributed by atoms with E-state index < -0.39 is 6.04 Å². The molecule has 0 fully saturated rings. The number of hydrogen-bond donors (Lipinski definition) is 2. The van der Waals surface area contributed by atoms with E-state index in [2.05, 4.69) is 0 Å². The maximum absolute atomic E-state index is 8.96. The molecule has 0 saturated carbocycles. The number of aliphatic hydroxyl groups is 1. The van der Waals surface area contributed by atoms with Crippen molar-refractivity contribution in [3.8, 4) is 17.2 Å². The second kappa shape index (κ2) is 5.25. The van der Waals surface area contributed by atoms with Gasteiger partial charge in [0.15, 0.2) is 11.5 Å². The van der Waals surface area contributed by atoms with Crippen molar-refractivity contribution in [2.45, 2.75) is 6.04 Å². The first-order valence-electron chi connectivity index (χ1n) is 4.60. The lowest BCUT2D eigenvalue weighted by molar-refractivity contribution is 0.171. The van der Waals surface area contributed by atoms with Crippen LogP contribution in [0, 0.1) is 0 Å². The molecule has 16 heavy (non-hydrogen) atoms. The summed E-state index contributed by atoms with van der Waals surface area (Å²) in [6.45, 7) is 0.0618. The van der Waals surface area contributed by atoms with E-state index in [1.54, 1.807) is 19.2 Å². The summed E-state index contributed by atoms with van der Waals surface area (Å²) in [5, 5.41) is 8.96. The van der Waals surface area contributed by atoms with Gasteiger partial charge in [-0.25, -0.2) is 0 Å². The molecule has 1 heterocycles. The molecule has 2 rings (SSSR count). The Morgan fingerprint density at radius 2 is 2.25 bits per heavy atom. The van der Waals surface area contributed by atoms with E-state index in [0.29, 0.717) is 17.2 Å². The molecule has 1 atom stereocenters. The minimum atomic E-state index is -0.437. The second-order valence-electron chi connectivity index (χ2n) is 3.25. The highest BCUT2D eigenvalue weighted by molar-refractivity contribution is 5.85. The third-order valence-corrected chi connectivity index (χ3v) is 2.31. The van der Waals surface area contributed by atoms with Gasteiger partial charge >= 0.3 is 0 Å². The Kier molecular flexibility index (Phi) is 4.23. The number of aliphatic hydroxyl groups excluding tert-OH is 1. The summed E-state index contributed by atoms with van der Waals surface area (Å²) in [6.07, 6.45) is 0. The third kappa shape index (κ3) is 2.16. The second-order valence-corrected chi connectivity index (χ2v) is 3.25. The highest BCUT2D eigenvalue weighted by atomic mass is 35.5. The van der Waals surface area contributed by atoms with E-state index in [-0.39, 0.29) is 25.8 Å². The molecule has 0 bridgehead atoms. The standard InChI is InChI=1S/C10H13NO4.ClH/c1-13-8-2-6(7(11)4-12)3-9-10(8)15-5-14-9;/h2-3,7,12H,4-5,11H2,1H3;1H/t7-;/m1./s1. The van der Waals surface area contributed by atoms with Crippen molar-refractivity contribution < 1.29 is 19.3 Å². The van der Waals surface area contributed by atoms with Crippen molar-refractivity contribution in [3.05, 3.63) is 17.7 Å². The van der Waals surface area contributed by atoms with Gasteiger partial charge in [-0.15, -0.1) is 12.4 Å². The predicted octanol–water partition coefficient (Wildman–Crippen LogP) is 0.838. The highest BCUT2D eigenvalue weighted by Gasteiger charge is 2.21. The molecule has 0 aromatic heterocycles. The zero-order chi connectivity index (χ0) is 10.8. The summed E-state index contributed by atoms with van der Waals surface area (Å²) < 4.78 is 15.6. The number of nitrogens with two attached hydrogens (primary N) is 1. The van der Waals surface area contributed by atoms with Crippen molar-refractivity contribution in [3.63, 3.8) is 0 Å². The quantitative estimate of drug-likeness (QED) is 0.828. The summed E-state index contributed by atoms with van der Waals surface area (Å²) >= 11 is 0. The number of hydrogen-bond acceptors (Lipinski definition) is 5. The number of methoxy groups -OCH3 is 1. The first kappa shape index (κ1) is 12.9. The molecule has 1 aromatic carbocycles. The first-order valence-corrected chi connectivity index (χ1v) is 4.60. The van der Waals surface area contributed by atoms with Crippen LogP contribution < -0.4 is 19.9 Å². The summed E-state index contributed by atoms with van der Waals surface area (Å²) in [4.78, 5) is 0. The Morgan fingerprint density at radius 3 is 2.88 bits per heavy atom. The first-order chi connectivity index (χ1) is 7.26. The summed E-state index contributed by atoms with van der Waals surface area (Å²) in [7, 11) is 1.55. The Labute approximate surface area is 99.5 Å². The van der Waals surface area contributed by atoms with Crippen LogP contribution in [0.5, 0.6) is 17.2 Å². The molecule has 0 saturated heterocycles. The fourth-order valence-corrected chi connectivity index (χ4v) is 1.47. The average Bonchev–Trinajstić information content (AvgIpc) is 2.74. The molecular weight excluding hydrogens is 234 g/mol. The van der Waals surface area contributed by atoms with Gasteiger partial charge in [-0.2, -0.15) is 0 Å². The van der Waals surface area contributed by atoms with Crippen molar-refractivity contribution in [2.75, 3.05) is 20.5 Å². The number of fused-ring (bicyclic) bond motifs is 1. The predicted molar refractivity (Wildman–Crippen MR) is 60.4 cm³/mol. The number of rotatable bonds is 3. The van der Waals surface area contributed by atoms with Gasteiger partial charge in [0.05, 0.1) is 19.8 Å². The van der Waals surface area contributed by atoms with Gasteiger partial charge in [0.25, 0.3) is 0 Å². The summed E-state index contributed by atoms with van der Waals surface area (Å²) in [5.41, 5.74) is 6.47. The average molecular weight is 248 g/mol. The molecule has 1 aromatic rings. The van der Waals surface area contributed by atoms with Crippen LogP contribution in [0.3, 0.4) is 0 Å². The molecule has 1 aliphatic heterocycles. The van der Waals surface area contributed by atoms with Crippen LogP contribution in [0.15, 0.2) is 12.1 Å². The fraction of sp³-hybridized carbons (Fsp3) is 0.400.